The Labute approximate surface area is 184 Å². The molecule has 0 amide bonds. The molecule has 0 radical (unpaired) electrons. The van der Waals surface area contributed by atoms with E-state index in [-0.39, 0.29) is 0 Å². The van der Waals surface area contributed by atoms with Crippen molar-refractivity contribution < 1.29 is 4.74 Å². The zero-order valence-electron chi connectivity index (χ0n) is 19.0. The second-order valence-corrected chi connectivity index (χ2v) is 8.91. The van der Waals surface area contributed by atoms with E-state index in [1.165, 1.54) is 69.8 Å². The van der Waals surface area contributed by atoms with Gasteiger partial charge in [-0.05, 0) is 79.5 Å². The van der Waals surface area contributed by atoms with Gasteiger partial charge in [0.2, 0.25) is 0 Å². The van der Waals surface area contributed by atoms with Gasteiger partial charge in [-0.15, -0.1) is 0 Å². The van der Waals surface area contributed by atoms with E-state index < -0.39 is 0 Å². The van der Waals surface area contributed by atoms with Gasteiger partial charge in [0.15, 0.2) is 0 Å². The zero-order valence-corrected chi connectivity index (χ0v) is 19.0. The van der Waals surface area contributed by atoms with Crippen LogP contribution in [0.3, 0.4) is 0 Å². The third-order valence-corrected chi connectivity index (χ3v) is 6.38. The summed E-state index contributed by atoms with van der Waals surface area (Å²) in [6.45, 7) is 5.40. The molecule has 3 rings (SSSR count). The molecule has 0 saturated heterocycles. The molecule has 0 N–H and O–H groups in total. The minimum absolute atomic E-state index is 0.725. The van der Waals surface area contributed by atoms with Crippen molar-refractivity contribution in [1.29, 1.82) is 0 Å². The fourth-order valence-corrected chi connectivity index (χ4v) is 4.42. The predicted molar refractivity (Wildman–Crippen MR) is 128 cm³/mol. The molecule has 0 atom stereocenters. The van der Waals surface area contributed by atoms with Gasteiger partial charge in [-0.1, -0.05) is 76.3 Å². The molecule has 1 aliphatic carbocycles. The van der Waals surface area contributed by atoms with Crippen LogP contribution in [0.5, 0.6) is 5.75 Å². The van der Waals surface area contributed by atoms with E-state index in [1.807, 2.05) is 0 Å². The van der Waals surface area contributed by atoms with Gasteiger partial charge in [0.05, 0.1) is 6.61 Å². The van der Waals surface area contributed by atoms with Crippen molar-refractivity contribution in [3.8, 4) is 17.6 Å². The van der Waals surface area contributed by atoms with E-state index in [0.717, 1.165) is 35.3 Å². The van der Waals surface area contributed by atoms with Crippen LogP contribution in [0.4, 0.5) is 0 Å². The number of unbranched alkanes of at least 4 members (excludes halogenated alkanes) is 2. The molecule has 1 nitrogen and oxygen atoms in total. The number of ether oxygens (including phenoxy) is 1. The molecule has 0 unspecified atom stereocenters. The minimum Gasteiger partial charge on any atom is -0.493 e. The molecule has 2 aromatic rings. The molecule has 0 spiro atoms. The molecule has 160 valence electrons. The van der Waals surface area contributed by atoms with Crippen LogP contribution in [-0.4, -0.2) is 6.61 Å². The Morgan fingerprint density at radius 1 is 0.733 bits per heavy atom. The first-order valence-electron chi connectivity index (χ1n) is 12.1. The molecule has 1 aliphatic rings. The molecule has 1 saturated carbocycles. The monoisotopic (exact) mass is 402 g/mol. The van der Waals surface area contributed by atoms with Crippen molar-refractivity contribution in [2.24, 2.45) is 11.8 Å². The molecule has 30 heavy (non-hydrogen) atoms. The Bertz CT molecular complexity index is 783. The van der Waals surface area contributed by atoms with E-state index in [9.17, 15) is 0 Å². The summed E-state index contributed by atoms with van der Waals surface area (Å²) < 4.78 is 6.06. The summed E-state index contributed by atoms with van der Waals surface area (Å²) in [6, 6.07) is 17.0. The van der Waals surface area contributed by atoms with E-state index in [2.05, 4.69) is 74.2 Å². The van der Waals surface area contributed by atoms with Gasteiger partial charge >= 0.3 is 0 Å². The molecule has 1 fully saturated rings. The van der Waals surface area contributed by atoms with Gasteiger partial charge in [0.1, 0.15) is 5.75 Å². The lowest BCUT2D eigenvalue weighted by Crippen LogP contribution is -2.20. The van der Waals surface area contributed by atoms with Gasteiger partial charge in [-0.25, -0.2) is 0 Å². The molecular formula is C29H38O. The number of benzene rings is 2. The number of rotatable bonds is 9. The zero-order chi connectivity index (χ0) is 21.0. The first kappa shape index (κ1) is 22.5. The summed E-state index contributed by atoms with van der Waals surface area (Å²) >= 11 is 0. The molecule has 0 aliphatic heterocycles. The second-order valence-electron chi connectivity index (χ2n) is 8.91. The highest BCUT2D eigenvalue weighted by Gasteiger charge is 2.20. The van der Waals surface area contributed by atoms with Crippen LogP contribution >= 0.6 is 0 Å². The van der Waals surface area contributed by atoms with Crippen LogP contribution in [-0.2, 0) is 6.42 Å². The van der Waals surface area contributed by atoms with Crippen LogP contribution in [0, 0.1) is 23.7 Å². The predicted octanol–water partition coefficient (Wildman–Crippen LogP) is 7.80. The SMILES string of the molecule is CCCCCc1ccc(C#Cc2ccc(OC[C@H]3CC[C@H](CCC)CC3)cc2)cc1. The smallest absolute Gasteiger partial charge is 0.119 e. The Morgan fingerprint density at radius 2 is 1.33 bits per heavy atom. The summed E-state index contributed by atoms with van der Waals surface area (Å²) in [5.74, 6) is 9.21. The maximum absolute atomic E-state index is 6.06. The van der Waals surface area contributed by atoms with E-state index >= 15 is 0 Å². The number of aryl methyl sites for hydroxylation is 1. The Balaban J connectivity index is 1.44. The van der Waals surface area contributed by atoms with E-state index in [0.29, 0.717) is 0 Å². The summed E-state index contributed by atoms with van der Waals surface area (Å²) in [6.07, 6.45) is 13.2. The third kappa shape index (κ3) is 7.56. The van der Waals surface area contributed by atoms with Gasteiger partial charge in [-0.2, -0.15) is 0 Å². The normalized spacial score (nSPS) is 18.5. The van der Waals surface area contributed by atoms with Crippen molar-refractivity contribution in [2.45, 2.75) is 78.1 Å². The topological polar surface area (TPSA) is 9.23 Å². The van der Waals surface area contributed by atoms with Crippen LogP contribution in [0.15, 0.2) is 48.5 Å². The van der Waals surface area contributed by atoms with Crippen LogP contribution < -0.4 is 4.74 Å². The lowest BCUT2D eigenvalue weighted by Gasteiger charge is -2.28. The fraction of sp³-hybridized carbons (Fsp3) is 0.517. The summed E-state index contributed by atoms with van der Waals surface area (Å²) in [5.41, 5.74) is 3.53. The first-order valence-corrected chi connectivity index (χ1v) is 12.1. The van der Waals surface area contributed by atoms with Crippen molar-refractivity contribution >= 4 is 0 Å². The largest absolute Gasteiger partial charge is 0.493 e. The lowest BCUT2D eigenvalue weighted by molar-refractivity contribution is 0.178. The molecule has 2 aromatic carbocycles. The van der Waals surface area contributed by atoms with E-state index in [1.54, 1.807) is 0 Å². The maximum atomic E-state index is 6.06. The summed E-state index contributed by atoms with van der Waals surface area (Å²) in [7, 11) is 0. The van der Waals surface area contributed by atoms with Crippen LogP contribution in [0.1, 0.15) is 88.3 Å². The number of hydrogen-bond donors (Lipinski definition) is 0. The van der Waals surface area contributed by atoms with Gasteiger partial charge in [0.25, 0.3) is 0 Å². The Morgan fingerprint density at radius 3 is 1.93 bits per heavy atom. The fourth-order valence-electron chi connectivity index (χ4n) is 4.42. The van der Waals surface area contributed by atoms with Crippen LogP contribution in [0.25, 0.3) is 0 Å². The van der Waals surface area contributed by atoms with Gasteiger partial charge in [0, 0.05) is 11.1 Å². The lowest BCUT2D eigenvalue weighted by atomic mass is 9.80. The molecule has 0 heterocycles. The molecule has 0 aromatic heterocycles. The minimum atomic E-state index is 0.725. The number of hydrogen-bond acceptors (Lipinski definition) is 1. The van der Waals surface area contributed by atoms with E-state index in [4.69, 9.17) is 4.74 Å². The van der Waals surface area contributed by atoms with Crippen molar-refractivity contribution in [3.05, 3.63) is 65.2 Å². The Hall–Kier alpha value is -2.20. The standard InChI is InChI=1S/C29H38O/c1-3-5-6-8-25-9-11-26(12-10-25)13-14-27-19-21-29(22-20-27)30-23-28-17-15-24(7-4-2)16-18-28/h9-12,19-22,24,28H,3-8,15-18,23H2,1-2H3/t24-,28-. The second kappa shape index (κ2) is 12.5. The first-order chi connectivity index (χ1) is 14.8. The highest BCUT2D eigenvalue weighted by atomic mass is 16.5. The average Bonchev–Trinajstić information content (AvgIpc) is 2.79. The molecule has 1 heteroatoms. The quantitative estimate of drug-likeness (QED) is 0.307. The maximum Gasteiger partial charge on any atom is 0.119 e. The summed E-state index contributed by atoms with van der Waals surface area (Å²) in [5, 5.41) is 0. The van der Waals surface area contributed by atoms with Crippen molar-refractivity contribution in [3.63, 3.8) is 0 Å². The average molecular weight is 403 g/mol. The van der Waals surface area contributed by atoms with Gasteiger partial charge < -0.3 is 4.74 Å². The van der Waals surface area contributed by atoms with Crippen molar-refractivity contribution in [2.75, 3.05) is 6.61 Å². The Kier molecular flexibility index (Phi) is 9.36. The highest BCUT2D eigenvalue weighted by molar-refractivity contribution is 5.44. The van der Waals surface area contributed by atoms with Crippen LogP contribution in [0.2, 0.25) is 0 Å². The van der Waals surface area contributed by atoms with Crippen molar-refractivity contribution in [1.82, 2.24) is 0 Å². The molecular weight excluding hydrogens is 364 g/mol. The third-order valence-electron chi connectivity index (χ3n) is 6.38. The molecule has 0 bridgehead atoms. The van der Waals surface area contributed by atoms with Gasteiger partial charge in [-0.3, -0.25) is 0 Å². The summed E-state index contributed by atoms with van der Waals surface area (Å²) in [4.78, 5) is 0. The highest BCUT2D eigenvalue weighted by Crippen LogP contribution is 2.31.